The standard InChI is InChI=1S/C24H24N2O6S/c1-33(30,31)26-16-20-13-18(14-23(27)28)7-12-22(20)32-21-10-8-19(9-11-21)24(29)25-15-17-5-3-2-4-6-17/h2-13,26H,14-16H2,1H3,(H,25,29)(H,27,28). The molecule has 0 aromatic heterocycles. The van der Waals surface area contributed by atoms with Crippen molar-refractivity contribution in [2.75, 3.05) is 6.26 Å². The number of amides is 1. The highest BCUT2D eigenvalue weighted by Gasteiger charge is 2.12. The molecule has 8 nitrogen and oxygen atoms in total. The minimum absolute atomic E-state index is 0.0540. The Morgan fingerprint density at radius 3 is 2.24 bits per heavy atom. The van der Waals surface area contributed by atoms with Crippen LogP contribution in [0.15, 0.2) is 72.8 Å². The Morgan fingerprint density at radius 1 is 0.909 bits per heavy atom. The van der Waals surface area contributed by atoms with Crippen molar-refractivity contribution in [1.29, 1.82) is 0 Å². The lowest BCUT2D eigenvalue weighted by atomic mass is 10.1. The molecule has 0 saturated carbocycles. The van der Waals surface area contributed by atoms with E-state index < -0.39 is 16.0 Å². The minimum atomic E-state index is -3.45. The molecule has 0 saturated heterocycles. The topological polar surface area (TPSA) is 122 Å². The third-order valence-corrected chi connectivity index (χ3v) is 5.31. The summed E-state index contributed by atoms with van der Waals surface area (Å²) in [5.41, 5.74) is 2.47. The molecule has 0 unspecified atom stereocenters. The van der Waals surface area contributed by atoms with Crippen molar-refractivity contribution >= 4 is 21.9 Å². The van der Waals surface area contributed by atoms with Crippen molar-refractivity contribution < 1.29 is 27.9 Å². The van der Waals surface area contributed by atoms with Crippen molar-refractivity contribution in [3.8, 4) is 11.5 Å². The average Bonchev–Trinajstić information content (AvgIpc) is 2.78. The number of carbonyl (C=O) groups excluding carboxylic acids is 1. The van der Waals surface area contributed by atoms with E-state index in [1.165, 1.54) is 0 Å². The zero-order valence-electron chi connectivity index (χ0n) is 17.9. The minimum Gasteiger partial charge on any atom is -0.481 e. The molecule has 9 heteroatoms. The fourth-order valence-electron chi connectivity index (χ4n) is 3.05. The van der Waals surface area contributed by atoms with E-state index in [9.17, 15) is 18.0 Å². The molecule has 0 atom stereocenters. The highest BCUT2D eigenvalue weighted by Crippen LogP contribution is 2.27. The van der Waals surface area contributed by atoms with Gasteiger partial charge in [0.15, 0.2) is 0 Å². The SMILES string of the molecule is CS(=O)(=O)NCc1cc(CC(=O)O)ccc1Oc1ccc(C(=O)NCc2ccccc2)cc1. The molecule has 3 rings (SSSR count). The monoisotopic (exact) mass is 468 g/mol. The van der Waals surface area contributed by atoms with Crippen LogP contribution in [0.4, 0.5) is 0 Å². The van der Waals surface area contributed by atoms with Gasteiger partial charge in [0.05, 0.1) is 12.7 Å². The maximum atomic E-state index is 12.4. The Hall–Kier alpha value is -3.69. The number of hydrogen-bond donors (Lipinski definition) is 3. The molecule has 0 aliphatic carbocycles. The molecule has 0 radical (unpaired) electrons. The van der Waals surface area contributed by atoms with Crippen LogP contribution in [0.3, 0.4) is 0 Å². The lowest BCUT2D eigenvalue weighted by molar-refractivity contribution is -0.136. The van der Waals surface area contributed by atoms with Gasteiger partial charge in [-0.3, -0.25) is 9.59 Å². The summed E-state index contributed by atoms with van der Waals surface area (Å²) in [7, 11) is -3.45. The molecular weight excluding hydrogens is 444 g/mol. The Bertz CT molecular complexity index is 1230. The molecule has 3 aromatic rings. The van der Waals surface area contributed by atoms with Gasteiger partial charge in [-0.1, -0.05) is 42.5 Å². The molecule has 0 bridgehead atoms. The van der Waals surface area contributed by atoms with E-state index in [1.807, 2.05) is 30.3 Å². The van der Waals surface area contributed by atoms with Crippen molar-refractivity contribution in [2.24, 2.45) is 0 Å². The van der Waals surface area contributed by atoms with Gasteiger partial charge < -0.3 is 15.2 Å². The van der Waals surface area contributed by atoms with Crippen molar-refractivity contribution in [3.63, 3.8) is 0 Å². The van der Waals surface area contributed by atoms with Crippen molar-refractivity contribution in [3.05, 3.63) is 95.1 Å². The fourth-order valence-corrected chi connectivity index (χ4v) is 3.46. The lowest BCUT2D eigenvalue weighted by Gasteiger charge is -2.13. The molecule has 0 heterocycles. The molecule has 0 spiro atoms. The number of nitrogens with one attached hydrogen (secondary N) is 2. The molecule has 0 aliphatic rings. The normalized spacial score (nSPS) is 11.1. The fraction of sp³-hybridized carbons (Fsp3) is 0.167. The van der Waals surface area contributed by atoms with Crippen LogP contribution in [0.5, 0.6) is 11.5 Å². The first-order valence-corrected chi connectivity index (χ1v) is 12.0. The van der Waals surface area contributed by atoms with E-state index in [2.05, 4.69) is 10.0 Å². The Morgan fingerprint density at radius 2 is 1.61 bits per heavy atom. The summed E-state index contributed by atoms with van der Waals surface area (Å²) in [6.07, 6.45) is 0.842. The number of rotatable bonds is 10. The number of ether oxygens (including phenoxy) is 1. The van der Waals surface area contributed by atoms with Crippen LogP contribution in [-0.2, 0) is 34.3 Å². The van der Waals surface area contributed by atoms with Gasteiger partial charge in [-0.25, -0.2) is 13.1 Å². The predicted molar refractivity (Wildman–Crippen MR) is 124 cm³/mol. The average molecular weight is 469 g/mol. The first-order valence-electron chi connectivity index (χ1n) is 10.1. The van der Waals surface area contributed by atoms with Crippen LogP contribution >= 0.6 is 0 Å². The summed E-state index contributed by atoms with van der Waals surface area (Å²) in [5, 5.41) is 11.9. The van der Waals surface area contributed by atoms with E-state index in [-0.39, 0.29) is 18.9 Å². The Labute approximate surface area is 192 Å². The highest BCUT2D eigenvalue weighted by molar-refractivity contribution is 7.88. The number of hydrogen-bond acceptors (Lipinski definition) is 5. The number of carboxylic acids is 1. The number of carbonyl (C=O) groups is 2. The molecule has 3 aromatic carbocycles. The summed E-state index contributed by atoms with van der Waals surface area (Å²) < 4.78 is 31.3. The number of carboxylic acid groups (broad SMARTS) is 1. The van der Waals surface area contributed by atoms with Gasteiger partial charge in [0, 0.05) is 24.2 Å². The van der Waals surface area contributed by atoms with Gasteiger partial charge in [0.1, 0.15) is 11.5 Å². The number of sulfonamides is 1. The summed E-state index contributed by atoms with van der Waals surface area (Å²) in [6, 6.07) is 20.9. The lowest BCUT2D eigenvalue weighted by Crippen LogP contribution is -2.22. The Kier molecular flexibility index (Phi) is 7.81. The quantitative estimate of drug-likeness (QED) is 0.420. The van der Waals surface area contributed by atoms with Crippen LogP contribution in [0, 0.1) is 0 Å². The Balaban J connectivity index is 1.71. The summed E-state index contributed by atoms with van der Waals surface area (Å²) in [6.45, 7) is 0.360. The first kappa shape index (κ1) is 24.0. The van der Waals surface area contributed by atoms with Crippen LogP contribution in [0.1, 0.15) is 27.0 Å². The third-order valence-electron chi connectivity index (χ3n) is 4.65. The van der Waals surface area contributed by atoms with Crippen LogP contribution in [0.2, 0.25) is 0 Å². The smallest absolute Gasteiger partial charge is 0.307 e. The van der Waals surface area contributed by atoms with Crippen LogP contribution < -0.4 is 14.8 Å². The van der Waals surface area contributed by atoms with Gasteiger partial charge in [0.2, 0.25) is 10.0 Å². The largest absolute Gasteiger partial charge is 0.481 e. The van der Waals surface area contributed by atoms with Crippen LogP contribution in [0.25, 0.3) is 0 Å². The molecular formula is C24H24N2O6S. The molecule has 172 valence electrons. The second-order valence-electron chi connectivity index (χ2n) is 7.40. The van der Waals surface area contributed by atoms with E-state index in [0.717, 1.165) is 11.8 Å². The number of aliphatic carboxylic acids is 1. The zero-order chi connectivity index (χ0) is 23.8. The van der Waals surface area contributed by atoms with Crippen molar-refractivity contribution in [2.45, 2.75) is 19.5 Å². The molecule has 3 N–H and O–H groups in total. The van der Waals surface area contributed by atoms with Gasteiger partial charge in [-0.05, 0) is 41.5 Å². The predicted octanol–water partition coefficient (Wildman–Crippen LogP) is 3.09. The van der Waals surface area contributed by atoms with Crippen molar-refractivity contribution in [1.82, 2.24) is 10.0 Å². The highest BCUT2D eigenvalue weighted by atomic mass is 32.2. The second-order valence-corrected chi connectivity index (χ2v) is 9.23. The molecule has 0 fully saturated rings. The molecule has 0 aliphatic heterocycles. The molecule has 1 amide bonds. The zero-order valence-corrected chi connectivity index (χ0v) is 18.8. The summed E-state index contributed by atoms with van der Waals surface area (Å²) in [4.78, 5) is 23.4. The van der Waals surface area contributed by atoms with E-state index in [1.54, 1.807) is 42.5 Å². The maximum Gasteiger partial charge on any atom is 0.307 e. The summed E-state index contributed by atoms with van der Waals surface area (Å²) >= 11 is 0. The number of benzene rings is 3. The maximum absolute atomic E-state index is 12.4. The van der Waals surface area contributed by atoms with E-state index in [0.29, 0.717) is 34.7 Å². The van der Waals surface area contributed by atoms with Gasteiger partial charge in [-0.2, -0.15) is 0 Å². The van der Waals surface area contributed by atoms with E-state index >= 15 is 0 Å². The molecule has 33 heavy (non-hydrogen) atoms. The van der Waals surface area contributed by atoms with E-state index in [4.69, 9.17) is 9.84 Å². The summed E-state index contributed by atoms with van der Waals surface area (Å²) in [5.74, 6) is -0.393. The first-order chi connectivity index (χ1) is 15.7. The second kappa shape index (κ2) is 10.8. The van der Waals surface area contributed by atoms with Gasteiger partial charge in [0.25, 0.3) is 5.91 Å². The van der Waals surface area contributed by atoms with Gasteiger partial charge >= 0.3 is 5.97 Å². The van der Waals surface area contributed by atoms with Crippen LogP contribution in [-0.4, -0.2) is 31.7 Å². The van der Waals surface area contributed by atoms with Gasteiger partial charge in [-0.15, -0.1) is 0 Å². The third kappa shape index (κ3) is 7.74.